The number of nitrogens with one attached hydrogen (secondary N) is 1. The quantitative estimate of drug-likeness (QED) is 0.755. The Balaban J connectivity index is 2.24. The molecule has 0 atom stereocenters. The molecule has 1 aromatic heterocycles. The van der Waals surface area contributed by atoms with Gasteiger partial charge in [-0.05, 0) is 29.8 Å². The van der Waals surface area contributed by atoms with Crippen LogP contribution in [-0.4, -0.2) is 12.1 Å². The normalized spacial score (nSPS) is 10.8. The van der Waals surface area contributed by atoms with E-state index in [-0.39, 0.29) is 5.43 Å². The molecular weight excluding hydrogens is 309 g/mol. The number of aromatic amines is 1. The van der Waals surface area contributed by atoms with Gasteiger partial charge in [-0.1, -0.05) is 35.3 Å². The van der Waals surface area contributed by atoms with Gasteiger partial charge in [0.25, 0.3) is 0 Å². The molecule has 2 aromatic carbocycles. The first-order chi connectivity index (χ1) is 10.1. The third-order valence-corrected chi connectivity index (χ3v) is 3.82. The van der Waals surface area contributed by atoms with E-state index in [1.54, 1.807) is 25.4 Å². The topological polar surface area (TPSA) is 42.1 Å². The SMILES string of the molecule is COc1ccc(-c2c[nH]c3cc(Cl)cc(Cl)c3c2=O)cc1. The summed E-state index contributed by atoms with van der Waals surface area (Å²) in [5, 5.41) is 1.27. The molecule has 0 fully saturated rings. The molecule has 0 aliphatic heterocycles. The molecule has 3 nitrogen and oxygen atoms in total. The minimum atomic E-state index is -0.129. The molecule has 0 saturated heterocycles. The van der Waals surface area contributed by atoms with E-state index < -0.39 is 0 Å². The molecule has 21 heavy (non-hydrogen) atoms. The van der Waals surface area contributed by atoms with Crippen LogP contribution in [0.1, 0.15) is 0 Å². The summed E-state index contributed by atoms with van der Waals surface area (Å²) in [5.74, 6) is 0.737. The average molecular weight is 320 g/mol. The van der Waals surface area contributed by atoms with Crippen molar-refractivity contribution in [1.82, 2.24) is 4.98 Å². The molecule has 3 rings (SSSR count). The van der Waals surface area contributed by atoms with Gasteiger partial charge in [-0.2, -0.15) is 0 Å². The summed E-state index contributed by atoms with van der Waals surface area (Å²) in [7, 11) is 1.60. The van der Waals surface area contributed by atoms with E-state index >= 15 is 0 Å². The second kappa shape index (κ2) is 5.43. The van der Waals surface area contributed by atoms with Crippen LogP contribution in [0.25, 0.3) is 22.0 Å². The van der Waals surface area contributed by atoms with Crippen LogP contribution in [0.4, 0.5) is 0 Å². The Kier molecular flexibility index (Phi) is 3.62. The molecule has 1 heterocycles. The predicted octanol–water partition coefficient (Wildman–Crippen LogP) is 4.51. The zero-order valence-corrected chi connectivity index (χ0v) is 12.6. The largest absolute Gasteiger partial charge is 0.497 e. The molecule has 0 radical (unpaired) electrons. The summed E-state index contributed by atoms with van der Waals surface area (Å²) in [4.78, 5) is 15.7. The number of ether oxygens (including phenoxy) is 1. The number of benzene rings is 2. The Morgan fingerprint density at radius 3 is 2.48 bits per heavy atom. The van der Waals surface area contributed by atoms with E-state index in [0.29, 0.717) is 26.5 Å². The van der Waals surface area contributed by atoms with Crippen molar-refractivity contribution in [3.8, 4) is 16.9 Å². The first kappa shape index (κ1) is 14.0. The second-order valence-corrected chi connectivity index (χ2v) is 5.41. The highest BCUT2D eigenvalue weighted by molar-refractivity contribution is 6.38. The van der Waals surface area contributed by atoms with Crippen molar-refractivity contribution in [1.29, 1.82) is 0 Å². The number of hydrogen-bond donors (Lipinski definition) is 1. The number of fused-ring (bicyclic) bond motifs is 1. The zero-order valence-electron chi connectivity index (χ0n) is 11.1. The molecule has 3 aromatic rings. The van der Waals surface area contributed by atoms with Gasteiger partial charge in [0.15, 0.2) is 5.43 Å². The molecule has 0 aliphatic carbocycles. The zero-order chi connectivity index (χ0) is 15.0. The molecule has 0 unspecified atom stereocenters. The fourth-order valence-corrected chi connectivity index (χ4v) is 2.83. The molecule has 1 N–H and O–H groups in total. The third kappa shape index (κ3) is 2.50. The van der Waals surface area contributed by atoms with Gasteiger partial charge >= 0.3 is 0 Å². The van der Waals surface area contributed by atoms with Crippen LogP contribution in [0.15, 0.2) is 47.4 Å². The number of pyridine rings is 1. The monoisotopic (exact) mass is 319 g/mol. The molecule has 106 valence electrons. The lowest BCUT2D eigenvalue weighted by molar-refractivity contribution is 0.415. The van der Waals surface area contributed by atoms with E-state index in [4.69, 9.17) is 27.9 Å². The summed E-state index contributed by atoms with van der Waals surface area (Å²) in [6, 6.07) is 10.5. The van der Waals surface area contributed by atoms with E-state index in [9.17, 15) is 4.79 Å². The van der Waals surface area contributed by atoms with Crippen molar-refractivity contribution in [3.05, 3.63) is 62.9 Å². The van der Waals surface area contributed by atoms with Crippen LogP contribution in [0.2, 0.25) is 10.0 Å². The lowest BCUT2D eigenvalue weighted by atomic mass is 10.0. The van der Waals surface area contributed by atoms with Gasteiger partial charge in [-0.25, -0.2) is 0 Å². The van der Waals surface area contributed by atoms with E-state index in [2.05, 4.69) is 4.98 Å². The number of aromatic nitrogens is 1. The molecule has 0 bridgehead atoms. The second-order valence-electron chi connectivity index (χ2n) is 4.57. The van der Waals surface area contributed by atoms with Crippen LogP contribution < -0.4 is 10.2 Å². The standard InChI is InChI=1S/C16H11Cl2NO2/c1-21-11-4-2-9(3-5-11)12-8-19-14-7-10(17)6-13(18)15(14)16(12)20/h2-8H,1H3,(H,19,20). The Morgan fingerprint density at radius 1 is 1.10 bits per heavy atom. The molecule has 0 aliphatic rings. The summed E-state index contributed by atoms with van der Waals surface area (Å²) in [5.41, 5.74) is 1.84. The minimum Gasteiger partial charge on any atom is -0.497 e. The highest BCUT2D eigenvalue weighted by Gasteiger charge is 2.11. The first-order valence-corrected chi connectivity index (χ1v) is 7.00. The minimum absolute atomic E-state index is 0.129. The molecule has 0 saturated carbocycles. The van der Waals surface area contributed by atoms with Gasteiger partial charge < -0.3 is 9.72 Å². The van der Waals surface area contributed by atoms with Gasteiger partial charge in [0.05, 0.1) is 23.0 Å². The maximum Gasteiger partial charge on any atom is 0.198 e. The maximum absolute atomic E-state index is 12.6. The lowest BCUT2D eigenvalue weighted by Gasteiger charge is -2.06. The van der Waals surface area contributed by atoms with Crippen LogP contribution in [0.5, 0.6) is 5.75 Å². The summed E-state index contributed by atoms with van der Waals surface area (Å²) in [6.07, 6.45) is 1.67. The van der Waals surface area contributed by atoms with Gasteiger partial charge in [0.1, 0.15) is 5.75 Å². The van der Waals surface area contributed by atoms with Crippen LogP contribution in [0, 0.1) is 0 Å². The molecule has 5 heteroatoms. The van der Waals surface area contributed by atoms with Crippen molar-refractivity contribution in [2.24, 2.45) is 0 Å². The van der Waals surface area contributed by atoms with E-state index in [1.165, 1.54) is 0 Å². The van der Waals surface area contributed by atoms with Gasteiger partial charge in [0.2, 0.25) is 0 Å². The third-order valence-electron chi connectivity index (χ3n) is 3.30. The molecule has 0 spiro atoms. The van der Waals surface area contributed by atoms with Crippen LogP contribution in [-0.2, 0) is 0 Å². The lowest BCUT2D eigenvalue weighted by Crippen LogP contribution is -2.07. The van der Waals surface area contributed by atoms with E-state index in [0.717, 1.165) is 11.3 Å². The fourth-order valence-electron chi connectivity index (χ4n) is 2.25. The molecule has 0 amide bonds. The number of methoxy groups -OCH3 is 1. The number of rotatable bonds is 2. The Morgan fingerprint density at radius 2 is 1.81 bits per heavy atom. The Hall–Kier alpha value is -1.97. The van der Waals surface area contributed by atoms with Gasteiger partial charge in [-0.15, -0.1) is 0 Å². The maximum atomic E-state index is 12.6. The van der Waals surface area contributed by atoms with Gasteiger partial charge in [0, 0.05) is 16.8 Å². The van der Waals surface area contributed by atoms with Crippen LogP contribution >= 0.6 is 23.2 Å². The smallest absolute Gasteiger partial charge is 0.198 e. The van der Waals surface area contributed by atoms with Crippen molar-refractivity contribution >= 4 is 34.1 Å². The first-order valence-electron chi connectivity index (χ1n) is 6.25. The molecular formula is C16H11Cl2NO2. The number of halogens is 2. The van der Waals surface area contributed by atoms with Crippen molar-refractivity contribution in [3.63, 3.8) is 0 Å². The number of H-pyrrole nitrogens is 1. The predicted molar refractivity (Wildman–Crippen MR) is 86.6 cm³/mol. The van der Waals surface area contributed by atoms with E-state index in [1.807, 2.05) is 24.3 Å². The Bertz CT molecular complexity index is 870. The Labute approximate surface area is 131 Å². The average Bonchev–Trinajstić information content (AvgIpc) is 2.47. The van der Waals surface area contributed by atoms with Crippen molar-refractivity contribution < 1.29 is 4.74 Å². The van der Waals surface area contributed by atoms with Crippen LogP contribution in [0.3, 0.4) is 0 Å². The van der Waals surface area contributed by atoms with Crippen molar-refractivity contribution in [2.75, 3.05) is 7.11 Å². The summed E-state index contributed by atoms with van der Waals surface area (Å²) < 4.78 is 5.12. The van der Waals surface area contributed by atoms with Gasteiger partial charge in [-0.3, -0.25) is 4.79 Å². The fraction of sp³-hybridized carbons (Fsp3) is 0.0625. The summed E-state index contributed by atoms with van der Waals surface area (Å²) in [6.45, 7) is 0. The number of hydrogen-bond acceptors (Lipinski definition) is 2. The highest BCUT2D eigenvalue weighted by Crippen LogP contribution is 2.27. The highest BCUT2D eigenvalue weighted by atomic mass is 35.5. The van der Waals surface area contributed by atoms with Crippen molar-refractivity contribution in [2.45, 2.75) is 0 Å². The summed E-state index contributed by atoms with van der Waals surface area (Å²) >= 11 is 12.1.